The zero-order chi connectivity index (χ0) is 20.6. The van der Waals surface area contributed by atoms with Crippen molar-refractivity contribution in [3.8, 4) is 0 Å². The van der Waals surface area contributed by atoms with Crippen LogP contribution in [0.4, 0.5) is 0 Å². The van der Waals surface area contributed by atoms with Gasteiger partial charge in [-0.2, -0.15) is 4.31 Å². The smallest absolute Gasteiger partial charge is 0.253 e. The molecule has 1 fully saturated rings. The summed E-state index contributed by atoms with van der Waals surface area (Å²) in [4.78, 5) is 12.9. The Morgan fingerprint density at radius 3 is 2.59 bits per heavy atom. The molecule has 1 saturated heterocycles. The van der Waals surface area contributed by atoms with Gasteiger partial charge in [-0.3, -0.25) is 4.79 Å². The summed E-state index contributed by atoms with van der Waals surface area (Å²) in [6.45, 7) is 2.79. The number of para-hydroxylation sites is 1. The van der Waals surface area contributed by atoms with Gasteiger partial charge in [-0.15, -0.1) is 0 Å². The predicted molar refractivity (Wildman–Crippen MR) is 112 cm³/mol. The van der Waals surface area contributed by atoms with Gasteiger partial charge in [0.1, 0.15) is 11.3 Å². The van der Waals surface area contributed by atoms with Gasteiger partial charge < -0.3 is 9.73 Å². The number of furan rings is 1. The molecule has 1 N–H and O–H groups in total. The van der Waals surface area contributed by atoms with Crippen LogP contribution in [0.15, 0.2) is 57.8 Å². The highest BCUT2D eigenvalue weighted by molar-refractivity contribution is 7.89. The Hall–Kier alpha value is -2.35. The van der Waals surface area contributed by atoms with Crippen molar-refractivity contribution in [3.63, 3.8) is 0 Å². The summed E-state index contributed by atoms with van der Waals surface area (Å²) < 4.78 is 32.8. The van der Waals surface area contributed by atoms with Crippen LogP contribution in [0.1, 0.15) is 41.9 Å². The van der Waals surface area contributed by atoms with Crippen LogP contribution in [0.3, 0.4) is 0 Å². The van der Waals surface area contributed by atoms with Gasteiger partial charge in [0.25, 0.3) is 5.91 Å². The fourth-order valence-corrected chi connectivity index (χ4v) is 5.22. The Labute approximate surface area is 174 Å². The lowest BCUT2D eigenvalue weighted by Crippen LogP contribution is -2.29. The van der Waals surface area contributed by atoms with Gasteiger partial charge >= 0.3 is 0 Å². The van der Waals surface area contributed by atoms with Crippen LogP contribution in [-0.2, 0) is 10.0 Å². The van der Waals surface area contributed by atoms with E-state index in [1.165, 1.54) is 22.5 Å². The van der Waals surface area contributed by atoms with Crippen molar-refractivity contribution in [3.05, 3.63) is 64.9 Å². The summed E-state index contributed by atoms with van der Waals surface area (Å²) in [6.07, 6.45) is 1.68. The van der Waals surface area contributed by atoms with Crippen LogP contribution in [0.25, 0.3) is 11.0 Å². The quantitative estimate of drug-likeness (QED) is 0.649. The maximum Gasteiger partial charge on any atom is 0.253 e. The Morgan fingerprint density at radius 2 is 1.86 bits per heavy atom. The van der Waals surface area contributed by atoms with E-state index in [9.17, 15) is 13.2 Å². The Bertz CT molecular complexity index is 1130. The third-order valence-corrected chi connectivity index (χ3v) is 7.33. The molecule has 1 aliphatic heterocycles. The van der Waals surface area contributed by atoms with Crippen molar-refractivity contribution in [2.24, 2.45) is 0 Å². The summed E-state index contributed by atoms with van der Waals surface area (Å²) in [7, 11) is -3.63. The molecule has 29 heavy (non-hydrogen) atoms. The predicted octanol–water partition coefficient (Wildman–Crippen LogP) is 4.36. The van der Waals surface area contributed by atoms with Gasteiger partial charge in [0.2, 0.25) is 10.0 Å². The number of halogens is 1. The molecule has 2 aromatic carbocycles. The molecule has 1 unspecified atom stereocenters. The average molecular weight is 433 g/mol. The molecular weight excluding hydrogens is 412 g/mol. The van der Waals surface area contributed by atoms with E-state index in [0.29, 0.717) is 18.8 Å². The Balaban J connectivity index is 1.58. The highest BCUT2D eigenvalue weighted by Crippen LogP contribution is 2.27. The lowest BCUT2D eigenvalue weighted by Gasteiger charge is -2.17. The number of nitrogens with one attached hydrogen (secondary N) is 1. The zero-order valence-electron chi connectivity index (χ0n) is 15.9. The van der Waals surface area contributed by atoms with Gasteiger partial charge in [0.15, 0.2) is 0 Å². The molecule has 8 heteroatoms. The van der Waals surface area contributed by atoms with Gasteiger partial charge in [-0.05, 0) is 50.1 Å². The normalized spacial score (nSPS) is 16.2. The summed E-state index contributed by atoms with van der Waals surface area (Å²) >= 11 is 6.20. The standard InChI is InChI=1S/C21H21ClN2O4S/c1-14(20-12-15-6-2-3-7-19(15)28-20)23-21(25)17-13-16(8-9-18(17)22)29(26,27)24-10-4-5-11-24/h2-3,6-9,12-14H,4-5,10-11H2,1H3,(H,23,25). The van der Waals surface area contributed by atoms with Crippen LogP contribution in [0.5, 0.6) is 0 Å². The first kappa shape index (κ1) is 19.9. The number of rotatable bonds is 5. The molecular formula is C21H21ClN2O4S. The van der Waals surface area contributed by atoms with Crippen molar-refractivity contribution in [1.29, 1.82) is 0 Å². The number of fused-ring (bicyclic) bond motifs is 1. The van der Waals surface area contributed by atoms with E-state index in [-0.39, 0.29) is 15.5 Å². The molecule has 0 saturated carbocycles. The first-order valence-corrected chi connectivity index (χ1v) is 11.3. The molecule has 1 aliphatic rings. The van der Waals surface area contributed by atoms with Gasteiger partial charge in [-0.25, -0.2) is 8.42 Å². The first-order chi connectivity index (χ1) is 13.9. The maximum atomic E-state index is 12.8. The van der Waals surface area contributed by atoms with Gasteiger partial charge in [0, 0.05) is 18.5 Å². The molecule has 0 spiro atoms. The Kier molecular flexibility index (Phi) is 5.38. The van der Waals surface area contributed by atoms with Crippen LogP contribution >= 0.6 is 11.6 Å². The molecule has 1 atom stereocenters. The van der Waals surface area contributed by atoms with Crippen molar-refractivity contribution in [1.82, 2.24) is 9.62 Å². The van der Waals surface area contributed by atoms with Crippen molar-refractivity contribution < 1.29 is 17.6 Å². The van der Waals surface area contributed by atoms with Crippen molar-refractivity contribution in [2.75, 3.05) is 13.1 Å². The number of carbonyl (C=O) groups is 1. The molecule has 1 aromatic heterocycles. The maximum absolute atomic E-state index is 12.8. The second-order valence-electron chi connectivity index (χ2n) is 7.13. The lowest BCUT2D eigenvalue weighted by molar-refractivity contribution is 0.0935. The number of hydrogen-bond acceptors (Lipinski definition) is 4. The number of carbonyl (C=O) groups excluding carboxylic acids is 1. The molecule has 6 nitrogen and oxygen atoms in total. The van der Waals surface area contributed by atoms with E-state index in [1.807, 2.05) is 30.3 Å². The van der Waals surface area contributed by atoms with Crippen molar-refractivity contribution in [2.45, 2.75) is 30.7 Å². The molecule has 0 bridgehead atoms. The minimum absolute atomic E-state index is 0.0744. The fourth-order valence-electron chi connectivity index (χ4n) is 3.48. The van der Waals surface area contributed by atoms with Crippen LogP contribution in [-0.4, -0.2) is 31.7 Å². The summed E-state index contributed by atoms with van der Waals surface area (Å²) in [5.74, 6) is 0.151. The SMILES string of the molecule is CC(NC(=O)c1cc(S(=O)(=O)N2CCCC2)ccc1Cl)c1cc2ccccc2o1. The van der Waals surface area contributed by atoms with Crippen molar-refractivity contribution >= 4 is 38.5 Å². The van der Waals surface area contributed by atoms with Gasteiger partial charge in [-0.1, -0.05) is 29.8 Å². The molecule has 0 aliphatic carbocycles. The number of hydrogen-bond donors (Lipinski definition) is 1. The highest BCUT2D eigenvalue weighted by Gasteiger charge is 2.28. The monoisotopic (exact) mass is 432 g/mol. The Morgan fingerprint density at radius 1 is 1.14 bits per heavy atom. The molecule has 3 aromatic rings. The average Bonchev–Trinajstić information content (AvgIpc) is 3.38. The largest absolute Gasteiger partial charge is 0.459 e. The van der Waals surface area contributed by atoms with E-state index in [4.69, 9.17) is 16.0 Å². The van der Waals surface area contributed by atoms with E-state index in [0.717, 1.165) is 23.8 Å². The molecule has 152 valence electrons. The number of amides is 1. The van der Waals surface area contributed by atoms with Crippen LogP contribution in [0.2, 0.25) is 5.02 Å². The number of sulfonamides is 1. The number of nitrogens with zero attached hydrogens (tertiary/aromatic N) is 1. The van der Waals surface area contributed by atoms with E-state index in [1.54, 1.807) is 6.92 Å². The third-order valence-electron chi connectivity index (χ3n) is 5.10. The summed E-state index contributed by atoms with van der Waals surface area (Å²) in [6, 6.07) is 13.3. The second-order valence-corrected chi connectivity index (χ2v) is 9.48. The lowest BCUT2D eigenvalue weighted by atomic mass is 10.1. The summed E-state index contributed by atoms with van der Waals surface area (Å²) in [5.41, 5.74) is 0.857. The second kappa shape index (κ2) is 7.82. The fraction of sp³-hybridized carbons (Fsp3) is 0.286. The van der Waals surface area contributed by atoms with Crippen LogP contribution < -0.4 is 5.32 Å². The zero-order valence-corrected chi connectivity index (χ0v) is 17.5. The van der Waals surface area contributed by atoms with E-state index in [2.05, 4.69) is 5.32 Å². The minimum atomic E-state index is -3.63. The molecule has 4 rings (SSSR count). The van der Waals surface area contributed by atoms with E-state index < -0.39 is 22.0 Å². The first-order valence-electron chi connectivity index (χ1n) is 9.45. The minimum Gasteiger partial charge on any atom is -0.459 e. The van der Waals surface area contributed by atoms with Gasteiger partial charge in [0.05, 0.1) is 21.5 Å². The highest BCUT2D eigenvalue weighted by atomic mass is 35.5. The summed E-state index contributed by atoms with van der Waals surface area (Å²) in [5, 5.41) is 3.98. The van der Waals surface area contributed by atoms with Crippen LogP contribution in [0, 0.1) is 0 Å². The molecule has 1 amide bonds. The van der Waals surface area contributed by atoms with E-state index >= 15 is 0 Å². The number of benzene rings is 2. The topological polar surface area (TPSA) is 79.6 Å². The molecule has 2 heterocycles. The third kappa shape index (κ3) is 3.90. The molecule has 0 radical (unpaired) electrons.